The number of para-hydroxylation sites is 1. The van der Waals surface area contributed by atoms with Gasteiger partial charge >= 0.3 is 0 Å². The standard InChI is InChI=1S/C22H22N4O2S/c27-20-14-17(15-26(20)18-11-5-2-6-12-18)21(28)23-22-25-24-19(29-22)13-7-10-16-8-3-1-4-9-16/h1-6,8-9,11-12,17H,7,10,13-15H2,(H,23,25,28). The van der Waals surface area contributed by atoms with E-state index in [1.54, 1.807) is 4.90 Å². The van der Waals surface area contributed by atoms with Crippen molar-refractivity contribution in [2.24, 2.45) is 5.92 Å². The first-order valence-corrected chi connectivity index (χ1v) is 10.5. The van der Waals surface area contributed by atoms with Gasteiger partial charge < -0.3 is 10.2 Å². The van der Waals surface area contributed by atoms with Crippen molar-refractivity contribution in [1.82, 2.24) is 10.2 Å². The summed E-state index contributed by atoms with van der Waals surface area (Å²) in [5.74, 6) is -0.591. The average Bonchev–Trinajstić information content (AvgIpc) is 3.36. The SMILES string of the molecule is O=C(Nc1nnc(CCCc2ccccc2)s1)C1CC(=O)N(c2ccccc2)C1. The highest BCUT2D eigenvalue weighted by Crippen LogP contribution is 2.26. The number of nitrogens with zero attached hydrogens (tertiary/aromatic N) is 3. The quantitative estimate of drug-likeness (QED) is 0.649. The van der Waals surface area contributed by atoms with Crippen molar-refractivity contribution < 1.29 is 9.59 Å². The van der Waals surface area contributed by atoms with E-state index in [1.807, 2.05) is 48.5 Å². The first kappa shape index (κ1) is 19.3. The summed E-state index contributed by atoms with van der Waals surface area (Å²) in [5.41, 5.74) is 2.13. The van der Waals surface area contributed by atoms with E-state index in [4.69, 9.17) is 0 Å². The van der Waals surface area contributed by atoms with E-state index in [9.17, 15) is 9.59 Å². The Morgan fingerprint density at radius 3 is 2.52 bits per heavy atom. The van der Waals surface area contributed by atoms with Gasteiger partial charge in [-0.05, 0) is 30.5 Å². The Labute approximate surface area is 173 Å². The number of hydrogen-bond donors (Lipinski definition) is 1. The maximum absolute atomic E-state index is 12.6. The zero-order valence-corrected chi connectivity index (χ0v) is 16.8. The molecule has 3 aromatic rings. The molecule has 0 bridgehead atoms. The number of aromatic nitrogens is 2. The van der Waals surface area contributed by atoms with E-state index >= 15 is 0 Å². The molecule has 1 aromatic heterocycles. The Bertz CT molecular complexity index is 975. The lowest BCUT2D eigenvalue weighted by Gasteiger charge is -2.16. The molecule has 0 spiro atoms. The van der Waals surface area contributed by atoms with E-state index in [1.165, 1.54) is 16.9 Å². The number of amides is 2. The highest BCUT2D eigenvalue weighted by Gasteiger charge is 2.35. The number of hydrogen-bond acceptors (Lipinski definition) is 5. The van der Waals surface area contributed by atoms with Crippen LogP contribution in [-0.2, 0) is 22.4 Å². The van der Waals surface area contributed by atoms with Crippen molar-refractivity contribution in [3.63, 3.8) is 0 Å². The van der Waals surface area contributed by atoms with Crippen LogP contribution in [-0.4, -0.2) is 28.6 Å². The number of rotatable bonds is 7. The molecule has 148 valence electrons. The van der Waals surface area contributed by atoms with E-state index in [2.05, 4.69) is 27.6 Å². The molecule has 1 aliphatic heterocycles. The zero-order valence-electron chi connectivity index (χ0n) is 16.0. The third kappa shape index (κ3) is 4.86. The molecule has 6 nitrogen and oxygen atoms in total. The summed E-state index contributed by atoms with van der Waals surface area (Å²) in [6.45, 7) is 0.386. The lowest BCUT2D eigenvalue weighted by atomic mass is 10.1. The second kappa shape index (κ2) is 8.96. The minimum absolute atomic E-state index is 0.0322. The number of nitrogens with one attached hydrogen (secondary N) is 1. The molecular formula is C22H22N4O2S. The molecule has 29 heavy (non-hydrogen) atoms. The molecule has 1 saturated heterocycles. The number of anilines is 2. The van der Waals surface area contributed by atoms with Crippen LogP contribution in [0.3, 0.4) is 0 Å². The summed E-state index contributed by atoms with van der Waals surface area (Å²) >= 11 is 1.40. The second-order valence-electron chi connectivity index (χ2n) is 7.07. The molecule has 0 radical (unpaired) electrons. The van der Waals surface area contributed by atoms with Crippen molar-refractivity contribution in [2.45, 2.75) is 25.7 Å². The van der Waals surface area contributed by atoms with Gasteiger partial charge in [-0.2, -0.15) is 0 Å². The van der Waals surface area contributed by atoms with Crippen molar-refractivity contribution in [2.75, 3.05) is 16.8 Å². The number of carbonyl (C=O) groups excluding carboxylic acids is 2. The van der Waals surface area contributed by atoms with Crippen molar-refractivity contribution in [1.29, 1.82) is 0 Å². The van der Waals surface area contributed by atoms with Gasteiger partial charge in [0.1, 0.15) is 5.01 Å². The maximum Gasteiger partial charge on any atom is 0.231 e. The van der Waals surface area contributed by atoms with Crippen LogP contribution < -0.4 is 10.2 Å². The van der Waals surface area contributed by atoms with Crippen molar-refractivity contribution in [3.8, 4) is 0 Å². The van der Waals surface area contributed by atoms with Crippen LogP contribution in [0.2, 0.25) is 0 Å². The van der Waals surface area contributed by atoms with Gasteiger partial charge in [0.25, 0.3) is 0 Å². The Morgan fingerprint density at radius 1 is 1.03 bits per heavy atom. The second-order valence-corrected chi connectivity index (χ2v) is 8.13. The van der Waals surface area contributed by atoms with Crippen LogP contribution in [0.25, 0.3) is 0 Å². The third-order valence-electron chi connectivity index (χ3n) is 4.96. The Hall–Kier alpha value is -3.06. The Morgan fingerprint density at radius 2 is 1.76 bits per heavy atom. The Balaban J connectivity index is 1.28. The van der Waals surface area contributed by atoms with Gasteiger partial charge in [-0.3, -0.25) is 9.59 Å². The van der Waals surface area contributed by atoms with Gasteiger partial charge in [-0.1, -0.05) is 59.9 Å². The third-order valence-corrected chi connectivity index (χ3v) is 5.86. The fourth-order valence-corrected chi connectivity index (χ4v) is 4.23. The zero-order chi connectivity index (χ0) is 20.1. The largest absolute Gasteiger partial charge is 0.312 e. The highest BCUT2D eigenvalue weighted by molar-refractivity contribution is 7.15. The number of benzene rings is 2. The van der Waals surface area contributed by atoms with Crippen LogP contribution in [0.15, 0.2) is 60.7 Å². The van der Waals surface area contributed by atoms with E-state index in [0.29, 0.717) is 11.7 Å². The minimum atomic E-state index is -0.381. The maximum atomic E-state index is 12.6. The monoisotopic (exact) mass is 406 g/mol. The summed E-state index contributed by atoms with van der Waals surface area (Å²) in [6, 6.07) is 19.8. The van der Waals surface area contributed by atoms with Gasteiger partial charge in [-0.15, -0.1) is 10.2 Å². The normalized spacial score (nSPS) is 16.2. The van der Waals surface area contributed by atoms with E-state index in [-0.39, 0.29) is 24.2 Å². The Kier molecular flexibility index (Phi) is 5.95. The van der Waals surface area contributed by atoms with Crippen LogP contribution >= 0.6 is 11.3 Å². The molecule has 7 heteroatoms. The molecule has 1 unspecified atom stereocenters. The molecule has 1 aliphatic rings. The molecule has 1 atom stereocenters. The van der Waals surface area contributed by atoms with E-state index in [0.717, 1.165) is 30.0 Å². The lowest BCUT2D eigenvalue weighted by molar-refractivity contribution is -0.122. The van der Waals surface area contributed by atoms with Crippen molar-refractivity contribution >= 4 is 34.0 Å². The van der Waals surface area contributed by atoms with Gasteiger partial charge in [0.15, 0.2) is 0 Å². The van der Waals surface area contributed by atoms with Crippen LogP contribution in [0.5, 0.6) is 0 Å². The van der Waals surface area contributed by atoms with Gasteiger partial charge in [-0.25, -0.2) is 0 Å². The predicted molar refractivity (Wildman–Crippen MR) is 114 cm³/mol. The van der Waals surface area contributed by atoms with E-state index < -0.39 is 0 Å². The predicted octanol–water partition coefficient (Wildman–Crippen LogP) is 3.71. The summed E-state index contributed by atoms with van der Waals surface area (Å²) in [5, 5.41) is 12.5. The molecule has 2 heterocycles. The first-order valence-electron chi connectivity index (χ1n) is 9.71. The van der Waals surface area contributed by atoms with Gasteiger partial charge in [0.2, 0.25) is 16.9 Å². The summed E-state index contributed by atoms with van der Waals surface area (Å²) in [7, 11) is 0. The molecule has 1 fully saturated rings. The molecule has 0 saturated carbocycles. The fourth-order valence-electron chi connectivity index (χ4n) is 3.44. The smallest absolute Gasteiger partial charge is 0.231 e. The average molecular weight is 407 g/mol. The van der Waals surface area contributed by atoms with Crippen molar-refractivity contribution in [3.05, 3.63) is 71.2 Å². The summed E-state index contributed by atoms with van der Waals surface area (Å²) in [6.07, 6.45) is 3.01. The summed E-state index contributed by atoms with van der Waals surface area (Å²) < 4.78 is 0. The molecular weight excluding hydrogens is 384 g/mol. The molecule has 2 amide bonds. The molecule has 4 rings (SSSR count). The van der Waals surface area contributed by atoms with Crippen LogP contribution in [0.1, 0.15) is 23.4 Å². The van der Waals surface area contributed by atoms with Gasteiger partial charge in [0.05, 0.1) is 5.92 Å². The molecule has 0 aliphatic carbocycles. The number of carbonyl (C=O) groups is 2. The van der Waals surface area contributed by atoms with Crippen LogP contribution in [0.4, 0.5) is 10.8 Å². The topological polar surface area (TPSA) is 75.2 Å². The molecule has 2 aromatic carbocycles. The number of aryl methyl sites for hydroxylation is 2. The molecule has 1 N–H and O–H groups in total. The summed E-state index contributed by atoms with van der Waals surface area (Å²) in [4.78, 5) is 26.6. The first-order chi connectivity index (χ1) is 14.2. The van der Waals surface area contributed by atoms with Crippen LogP contribution in [0, 0.1) is 5.92 Å². The highest BCUT2D eigenvalue weighted by atomic mass is 32.1. The lowest BCUT2D eigenvalue weighted by Crippen LogP contribution is -2.28. The van der Waals surface area contributed by atoms with Gasteiger partial charge in [0, 0.05) is 25.1 Å². The minimum Gasteiger partial charge on any atom is -0.312 e. The fraction of sp³-hybridized carbons (Fsp3) is 0.273.